The smallest absolute Gasteiger partial charge is 0.315 e. The van der Waals surface area contributed by atoms with Crippen LogP contribution in [-0.4, -0.2) is 87.4 Å². The van der Waals surface area contributed by atoms with Gasteiger partial charge < -0.3 is 40.9 Å². The maximum absolute atomic E-state index is 12.7. The van der Waals surface area contributed by atoms with Crippen LogP contribution >= 0.6 is 0 Å². The van der Waals surface area contributed by atoms with Gasteiger partial charge in [0.25, 0.3) is 0 Å². The largest absolute Gasteiger partial charge is 0.393 e. The highest BCUT2D eigenvalue weighted by Crippen LogP contribution is 2.19. The van der Waals surface area contributed by atoms with Gasteiger partial charge in [0.1, 0.15) is 12.2 Å². The molecule has 2 amide bonds. The zero-order valence-electron chi connectivity index (χ0n) is 31.5. The minimum Gasteiger partial charge on any atom is -0.393 e. The topological polar surface area (TPSA) is 152 Å². The Bertz CT molecular complexity index is 786. The Labute approximate surface area is 300 Å². The summed E-state index contributed by atoms with van der Waals surface area (Å²) >= 11 is 0. The molecule has 0 fully saturated rings. The summed E-state index contributed by atoms with van der Waals surface area (Å²) in [5.41, 5.74) is 0. The van der Waals surface area contributed by atoms with E-state index in [0.29, 0.717) is 19.4 Å². The van der Waals surface area contributed by atoms with Crippen LogP contribution in [0.5, 0.6) is 0 Å². The molecule has 7 unspecified atom stereocenters. The van der Waals surface area contributed by atoms with Gasteiger partial charge in [0.05, 0.1) is 37.1 Å². The van der Waals surface area contributed by atoms with Crippen molar-refractivity contribution >= 4 is 6.03 Å². The first-order valence-corrected chi connectivity index (χ1v) is 20.5. The summed E-state index contributed by atoms with van der Waals surface area (Å²) in [5, 5.41) is 57.2. The van der Waals surface area contributed by atoms with Crippen LogP contribution < -0.4 is 10.6 Å². The molecule has 7 N–H and O–H groups in total. The molecule has 1 aliphatic carbocycles. The first-order valence-electron chi connectivity index (χ1n) is 20.5. The maximum Gasteiger partial charge on any atom is 0.315 e. The summed E-state index contributed by atoms with van der Waals surface area (Å²) in [6.07, 6.45) is 27.6. The molecular formula is C40H78N2O7. The molecule has 0 aromatic heterocycles. The summed E-state index contributed by atoms with van der Waals surface area (Å²) in [4.78, 5) is 12.7. The predicted octanol–water partition coefficient (Wildman–Crippen LogP) is 7.60. The third kappa shape index (κ3) is 24.6. The quantitative estimate of drug-likeness (QED) is 0.0291. The number of urea groups is 1. The fourth-order valence-corrected chi connectivity index (χ4v) is 6.60. The van der Waals surface area contributed by atoms with Crippen molar-refractivity contribution in [1.29, 1.82) is 0 Å². The lowest BCUT2D eigenvalue weighted by Crippen LogP contribution is -2.53. The molecule has 0 spiro atoms. The lowest BCUT2D eigenvalue weighted by Gasteiger charge is -2.32. The monoisotopic (exact) mass is 699 g/mol. The lowest BCUT2D eigenvalue weighted by molar-refractivity contribution is -0.128. The van der Waals surface area contributed by atoms with Crippen molar-refractivity contribution < 1.29 is 35.1 Å². The second-order valence-corrected chi connectivity index (χ2v) is 14.7. The SMILES string of the molecule is CCCCCCCCCCCCCCCCCCCCCCCCNC(=O)NC(COC1C/C=C\CC(O)C(O)C1O)C(O)CC(O)CC. The van der Waals surface area contributed by atoms with Crippen LogP contribution in [-0.2, 0) is 4.74 Å². The number of ether oxygens (including phenoxy) is 1. The third-order valence-corrected chi connectivity index (χ3v) is 10.1. The van der Waals surface area contributed by atoms with Gasteiger partial charge in [-0.15, -0.1) is 0 Å². The maximum atomic E-state index is 12.7. The Morgan fingerprint density at radius 3 is 1.59 bits per heavy atom. The van der Waals surface area contributed by atoms with E-state index in [1.807, 2.05) is 6.92 Å². The predicted molar refractivity (Wildman–Crippen MR) is 201 cm³/mol. The number of carbonyl (C=O) groups is 1. The zero-order valence-corrected chi connectivity index (χ0v) is 31.5. The molecule has 9 nitrogen and oxygen atoms in total. The van der Waals surface area contributed by atoms with E-state index in [2.05, 4.69) is 17.6 Å². The molecule has 290 valence electrons. The Morgan fingerprint density at radius 2 is 1.12 bits per heavy atom. The molecule has 7 atom stereocenters. The molecular weight excluding hydrogens is 620 g/mol. The highest BCUT2D eigenvalue weighted by atomic mass is 16.5. The Morgan fingerprint density at radius 1 is 0.673 bits per heavy atom. The van der Waals surface area contributed by atoms with E-state index in [-0.39, 0.29) is 19.4 Å². The van der Waals surface area contributed by atoms with E-state index in [1.165, 1.54) is 122 Å². The van der Waals surface area contributed by atoms with Crippen molar-refractivity contribution in [3.8, 4) is 0 Å². The molecule has 0 aromatic carbocycles. The minimum atomic E-state index is -1.37. The van der Waals surface area contributed by atoms with Crippen LogP contribution in [0.2, 0.25) is 0 Å². The van der Waals surface area contributed by atoms with E-state index in [4.69, 9.17) is 4.74 Å². The van der Waals surface area contributed by atoms with Crippen LogP contribution in [0.15, 0.2) is 12.2 Å². The van der Waals surface area contributed by atoms with E-state index in [1.54, 1.807) is 12.2 Å². The molecule has 0 aromatic rings. The van der Waals surface area contributed by atoms with Crippen molar-refractivity contribution in [3.05, 3.63) is 12.2 Å². The summed E-state index contributed by atoms with van der Waals surface area (Å²) in [6, 6.07) is -1.25. The summed E-state index contributed by atoms with van der Waals surface area (Å²) in [7, 11) is 0. The average molecular weight is 699 g/mol. The van der Waals surface area contributed by atoms with Gasteiger partial charge in [-0.05, 0) is 25.7 Å². The van der Waals surface area contributed by atoms with Crippen LogP contribution in [0.25, 0.3) is 0 Å². The minimum absolute atomic E-state index is 0.0682. The van der Waals surface area contributed by atoms with Gasteiger partial charge in [-0.3, -0.25) is 0 Å². The average Bonchev–Trinajstić information content (AvgIpc) is 3.09. The molecule has 0 saturated heterocycles. The van der Waals surface area contributed by atoms with E-state index >= 15 is 0 Å². The van der Waals surface area contributed by atoms with Crippen molar-refractivity contribution in [2.75, 3.05) is 13.2 Å². The van der Waals surface area contributed by atoms with E-state index < -0.39 is 48.7 Å². The van der Waals surface area contributed by atoms with Crippen molar-refractivity contribution in [2.24, 2.45) is 0 Å². The van der Waals surface area contributed by atoms with E-state index in [9.17, 15) is 30.3 Å². The number of amides is 2. The number of hydrogen-bond donors (Lipinski definition) is 7. The van der Waals surface area contributed by atoms with Gasteiger partial charge in [-0.1, -0.05) is 161 Å². The molecule has 0 radical (unpaired) electrons. The second-order valence-electron chi connectivity index (χ2n) is 14.7. The molecule has 0 aliphatic heterocycles. The van der Waals surface area contributed by atoms with Crippen molar-refractivity contribution in [2.45, 2.75) is 223 Å². The highest BCUT2D eigenvalue weighted by molar-refractivity contribution is 5.74. The summed E-state index contributed by atoms with van der Waals surface area (Å²) < 4.78 is 5.85. The molecule has 49 heavy (non-hydrogen) atoms. The Kier molecular flexibility index (Phi) is 29.4. The normalized spacial score (nSPS) is 22.2. The first kappa shape index (κ1) is 45.8. The van der Waals surface area contributed by atoms with Gasteiger partial charge in [-0.25, -0.2) is 4.79 Å². The molecule has 1 rings (SSSR count). The molecule has 1 aliphatic rings. The number of nitrogens with one attached hydrogen (secondary N) is 2. The summed E-state index contributed by atoms with van der Waals surface area (Å²) in [6.45, 7) is 4.50. The number of hydrogen-bond acceptors (Lipinski definition) is 7. The zero-order chi connectivity index (χ0) is 36.0. The fraction of sp³-hybridized carbons (Fsp3) is 0.925. The number of aliphatic hydroxyl groups excluding tert-OH is 5. The van der Waals surface area contributed by atoms with Gasteiger partial charge >= 0.3 is 6.03 Å². The van der Waals surface area contributed by atoms with Crippen LogP contribution in [0.4, 0.5) is 4.79 Å². The van der Waals surface area contributed by atoms with Crippen LogP contribution in [0, 0.1) is 0 Å². The van der Waals surface area contributed by atoms with Crippen LogP contribution in [0.3, 0.4) is 0 Å². The molecule has 0 bridgehead atoms. The highest BCUT2D eigenvalue weighted by Gasteiger charge is 2.33. The number of carbonyl (C=O) groups excluding carboxylic acids is 1. The number of aliphatic hydroxyl groups is 5. The molecule has 9 heteroatoms. The van der Waals surface area contributed by atoms with Gasteiger partial charge in [-0.2, -0.15) is 0 Å². The number of unbranched alkanes of at least 4 members (excludes halogenated alkanes) is 21. The standard InChI is InChI=1S/C40H78N2O7/c1-3-5-6-7-8-9-10-11-12-13-14-15-16-17-18-19-20-21-22-23-24-27-30-41-40(48)42-34(36(45)31-33(43)4-2)32-49-37-29-26-25-28-35(44)38(46)39(37)47/h25-26,33-39,43-47H,3-24,27-32H2,1-2H3,(H2,41,42,48)/b26-25-. The Balaban J connectivity index is 2.09. The van der Waals surface area contributed by atoms with Gasteiger partial charge in [0.15, 0.2) is 0 Å². The van der Waals surface area contributed by atoms with Crippen molar-refractivity contribution in [1.82, 2.24) is 10.6 Å². The third-order valence-electron chi connectivity index (χ3n) is 10.1. The first-order chi connectivity index (χ1) is 23.8. The molecule has 0 saturated carbocycles. The second kappa shape index (κ2) is 31.5. The molecule has 0 heterocycles. The van der Waals surface area contributed by atoms with Gasteiger partial charge in [0.2, 0.25) is 0 Å². The van der Waals surface area contributed by atoms with Crippen molar-refractivity contribution in [3.63, 3.8) is 0 Å². The fourth-order valence-electron chi connectivity index (χ4n) is 6.60. The Hall–Kier alpha value is -1.23. The summed E-state index contributed by atoms with van der Waals surface area (Å²) in [5.74, 6) is 0. The van der Waals surface area contributed by atoms with E-state index in [0.717, 1.165) is 19.3 Å². The van der Waals surface area contributed by atoms with Crippen LogP contribution in [0.1, 0.15) is 181 Å². The van der Waals surface area contributed by atoms with Gasteiger partial charge in [0, 0.05) is 13.0 Å². The lowest BCUT2D eigenvalue weighted by atomic mass is 9.95. The number of rotatable bonds is 31.